The highest BCUT2D eigenvalue weighted by molar-refractivity contribution is 7.89. The molecular weight excluding hydrogens is 335 g/mol. The van der Waals surface area contributed by atoms with E-state index in [1.54, 1.807) is 0 Å². The third-order valence-corrected chi connectivity index (χ3v) is 5.24. The summed E-state index contributed by atoms with van der Waals surface area (Å²) < 4.78 is 39.9. The van der Waals surface area contributed by atoms with Crippen LogP contribution in [0, 0.1) is 11.7 Å². The molecule has 0 radical (unpaired) electrons. The molecule has 21 heavy (non-hydrogen) atoms. The maximum atomic E-state index is 13.3. The van der Waals surface area contributed by atoms with Crippen LogP contribution in [-0.2, 0) is 10.0 Å². The van der Waals surface area contributed by atoms with Crippen molar-refractivity contribution in [1.29, 1.82) is 0 Å². The zero-order chi connectivity index (χ0) is 16.2. The van der Waals surface area contributed by atoms with Crippen LogP contribution in [0.2, 0.25) is 5.02 Å². The van der Waals surface area contributed by atoms with E-state index in [1.165, 1.54) is 10.4 Å². The second-order valence-electron chi connectivity index (χ2n) is 5.05. The van der Waals surface area contributed by atoms with Gasteiger partial charge in [-0.1, -0.05) is 37.7 Å². The Bertz CT molecular complexity index is 621. The Hall–Kier alpha value is -0.760. The van der Waals surface area contributed by atoms with E-state index in [4.69, 9.17) is 29.6 Å². The lowest BCUT2D eigenvalue weighted by molar-refractivity contribution is 0.374. The molecule has 1 aromatic carbocycles. The van der Waals surface area contributed by atoms with Gasteiger partial charge in [0.2, 0.25) is 10.0 Å². The van der Waals surface area contributed by atoms with E-state index in [2.05, 4.69) is 0 Å². The van der Waals surface area contributed by atoms with Crippen molar-refractivity contribution in [3.8, 4) is 0 Å². The molecule has 8 heteroatoms. The molecule has 0 amide bonds. The van der Waals surface area contributed by atoms with E-state index >= 15 is 0 Å². The lowest BCUT2D eigenvalue weighted by Gasteiger charge is -2.24. The molecule has 0 saturated carbocycles. The monoisotopic (exact) mass is 352 g/mol. The first-order chi connectivity index (χ1) is 9.64. The molecule has 0 aliphatic heterocycles. The molecule has 1 rings (SSSR count). The summed E-state index contributed by atoms with van der Waals surface area (Å²) in [7, 11) is -3.90. The number of hydrogen-bond acceptors (Lipinski definition) is 3. The summed E-state index contributed by atoms with van der Waals surface area (Å²) in [4.78, 5) is -0.0166. The van der Waals surface area contributed by atoms with Gasteiger partial charge in [0.1, 0.15) is 10.7 Å². The van der Waals surface area contributed by atoms with E-state index < -0.39 is 15.8 Å². The van der Waals surface area contributed by atoms with Gasteiger partial charge >= 0.3 is 0 Å². The molecule has 0 aliphatic carbocycles. The van der Waals surface area contributed by atoms with Crippen LogP contribution in [0.3, 0.4) is 0 Å². The molecule has 0 saturated heterocycles. The van der Waals surface area contributed by atoms with Crippen molar-refractivity contribution in [2.75, 3.05) is 13.1 Å². The summed E-state index contributed by atoms with van der Waals surface area (Å²) in [5, 5.41) is -0.0134. The van der Waals surface area contributed by atoms with Crippen molar-refractivity contribution in [1.82, 2.24) is 4.31 Å². The van der Waals surface area contributed by atoms with Crippen LogP contribution in [0.15, 0.2) is 23.1 Å². The van der Waals surface area contributed by atoms with E-state index in [0.717, 1.165) is 12.1 Å². The van der Waals surface area contributed by atoms with Gasteiger partial charge in [-0.2, -0.15) is 4.31 Å². The molecule has 0 aliphatic rings. The Morgan fingerprint density at radius 3 is 2.62 bits per heavy atom. The van der Waals surface area contributed by atoms with Crippen molar-refractivity contribution in [2.24, 2.45) is 11.7 Å². The fourth-order valence-corrected chi connectivity index (χ4v) is 3.95. The minimum Gasteiger partial charge on any atom is -0.393 e. The number of sulfonamides is 1. The Balaban J connectivity index is 3.19. The summed E-state index contributed by atoms with van der Waals surface area (Å²) in [6, 6.07) is 3.26. The van der Waals surface area contributed by atoms with Gasteiger partial charge in [-0.25, -0.2) is 12.8 Å². The van der Waals surface area contributed by atoms with Crippen LogP contribution in [0.4, 0.5) is 4.39 Å². The number of nitrogens with two attached hydrogens (primary N) is 1. The van der Waals surface area contributed by atoms with Crippen molar-refractivity contribution in [2.45, 2.75) is 25.2 Å². The highest BCUT2D eigenvalue weighted by atomic mass is 35.5. The van der Waals surface area contributed by atoms with Crippen molar-refractivity contribution in [3.05, 3.63) is 29.0 Å². The topological polar surface area (TPSA) is 63.4 Å². The van der Waals surface area contributed by atoms with Crippen LogP contribution in [0.1, 0.15) is 20.3 Å². The smallest absolute Gasteiger partial charge is 0.244 e. The van der Waals surface area contributed by atoms with Crippen LogP contribution < -0.4 is 5.73 Å². The quantitative estimate of drug-likeness (QED) is 0.766. The van der Waals surface area contributed by atoms with E-state index in [1.807, 2.05) is 13.8 Å². The molecule has 0 fully saturated rings. The average Bonchev–Trinajstić information content (AvgIpc) is 2.36. The number of rotatable bonds is 7. The molecule has 1 aromatic rings. The van der Waals surface area contributed by atoms with Gasteiger partial charge in [-0.3, -0.25) is 0 Å². The molecular formula is C13H18ClFN2O2S2. The molecule has 0 bridgehead atoms. The average molecular weight is 353 g/mol. The van der Waals surface area contributed by atoms with Crippen LogP contribution in [0.25, 0.3) is 0 Å². The van der Waals surface area contributed by atoms with E-state index in [9.17, 15) is 12.8 Å². The van der Waals surface area contributed by atoms with Gasteiger partial charge in [0.05, 0.1) is 10.0 Å². The second-order valence-corrected chi connectivity index (χ2v) is 7.89. The highest BCUT2D eigenvalue weighted by Crippen LogP contribution is 2.26. The Morgan fingerprint density at radius 2 is 2.10 bits per heavy atom. The Labute approximate surface area is 135 Å². The standard InChI is InChI=1S/C13H18ClFN2O2S2/c1-9(2)8-17(6-5-13(16)20)21(18,19)12-7-10(15)3-4-11(12)14/h3-4,7,9H,5-6,8H2,1-2H3,(H2,16,20). The first-order valence-corrected chi connectivity index (χ1v) is 8.60. The molecule has 0 unspecified atom stereocenters. The Kier molecular flexibility index (Phi) is 6.52. The molecule has 118 valence electrons. The normalized spacial score (nSPS) is 12.1. The molecule has 0 aromatic heterocycles. The Morgan fingerprint density at radius 1 is 1.48 bits per heavy atom. The molecule has 2 N–H and O–H groups in total. The first-order valence-electron chi connectivity index (χ1n) is 6.38. The van der Waals surface area contributed by atoms with Crippen LogP contribution >= 0.6 is 23.8 Å². The first kappa shape index (κ1) is 18.3. The maximum Gasteiger partial charge on any atom is 0.244 e. The number of thiocarbonyl (C=S) groups is 1. The van der Waals surface area contributed by atoms with E-state index in [0.29, 0.717) is 0 Å². The van der Waals surface area contributed by atoms with Crippen LogP contribution in [0.5, 0.6) is 0 Å². The van der Waals surface area contributed by atoms with Gasteiger partial charge in [-0.05, 0) is 24.1 Å². The van der Waals surface area contributed by atoms with Gasteiger partial charge in [-0.15, -0.1) is 0 Å². The molecule has 0 heterocycles. The second kappa shape index (κ2) is 7.49. The van der Waals surface area contributed by atoms with Gasteiger partial charge in [0, 0.05) is 19.5 Å². The lowest BCUT2D eigenvalue weighted by Crippen LogP contribution is -2.36. The molecule has 4 nitrogen and oxygen atoms in total. The highest BCUT2D eigenvalue weighted by Gasteiger charge is 2.27. The predicted octanol–water partition coefficient (Wildman–Crippen LogP) is 2.80. The van der Waals surface area contributed by atoms with Crippen molar-refractivity contribution in [3.63, 3.8) is 0 Å². The fourth-order valence-electron chi connectivity index (χ4n) is 1.77. The summed E-state index contributed by atoms with van der Waals surface area (Å²) in [5.41, 5.74) is 5.43. The number of benzene rings is 1. The minimum atomic E-state index is -3.90. The number of hydrogen-bond donors (Lipinski definition) is 1. The summed E-state index contributed by atoms with van der Waals surface area (Å²) in [6.07, 6.45) is 0.258. The lowest BCUT2D eigenvalue weighted by atomic mass is 10.2. The number of nitrogens with zero attached hydrogens (tertiary/aromatic N) is 1. The minimum absolute atomic E-state index is 0.0134. The van der Waals surface area contributed by atoms with Gasteiger partial charge < -0.3 is 5.73 Å². The summed E-state index contributed by atoms with van der Waals surface area (Å²) >= 11 is 10.7. The largest absolute Gasteiger partial charge is 0.393 e. The zero-order valence-corrected chi connectivity index (χ0v) is 14.2. The van der Waals surface area contributed by atoms with Crippen molar-refractivity contribution < 1.29 is 12.8 Å². The van der Waals surface area contributed by atoms with Gasteiger partial charge in [0.25, 0.3) is 0 Å². The van der Waals surface area contributed by atoms with E-state index in [-0.39, 0.29) is 40.3 Å². The van der Waals surface area contributed by atoms with Crippen molar-refractivity contribution >= 4 is 38.8 Å². The van der Waals surface area contributed by atoms with Gasteiger partial charge in [0.15, 0.2) is 0 Å². The summed E-state index contributed by atoms with van der Waals surface area (Å²) in [5.74, 6) is -0.560. The zero-order valence-electron chi connectivity index (χ0n) is 11.8. The summed E-state index contributed by atoms with van der Waals surface area (Å²) in [6.45, 7) is 4.19. The number of halogens is 2. The maximum absolute atomic E-state index is 13.3. The van der Waals surface area contributed by atoms with Crippen LogP contribution in [-0.4, -0.2) is 30.8 Å². The third kappa shape index (κ3) is 5.18. The SMILES string of the molecule is CC(C)CN(CCC(N)=S)S(=O)(=O)c1cc(F)ccc1Cl. The third-order valence-electron chi connectivity index (χ3n) is 2.69. The predicted molar refractivity (Wildman–Crippen MR) is 86.4 cm³/mol. The molecule has 0 atom stereocenters. The molecule has 0 spiro atoms. The fraction of sp³-hybridized carbons (Fsp3) is 0.462.